The lowest BCUT2D eigenvalue weighted by Crippen LogP contribution is -2.44. The summed E-state index contributed by atoms with van der Waals surface area (Å²) < 4.78 is 43.6. The van der Waals surface area contributed by atoms with Gasteiger partial charge in [-0.05, 0) is 24.6 Å². The number of aryl methyl sites for hydroxylation is 1. The van der Waals surface area contributed by atoms with Crippen molar-refractivity contribution in [2.45, 2.75) is 17.9 Å². The zero-order valence-corrected chi connectivity index (χ0v) is 11.2. The fourth-order valence-corrected chi connectivity index (χ4v) is 2.71. The van der Waals surface area contributed by atoms with Gasteiger partial charge in [0.15, 0.2) is 0 Å². The summed E-state index contributed by atoms with van der Waals surface area (Å²) in [5, 5.41) is 8.94. The maximum atomic E-state index is 13.5. The number of methoxy groups -OCH3 is 1. The fourth-order valence-electron chi connectivity index (χ4n) is 1.37. The van der Waals surface area contributed by atoms with E-state index in [0.29, 0.717) is 5.56 Å². The predicted molar refractivity (Wildman–Crippen MR) is 64.3 cm³/mol. The number of nitrogens with one attached hydrogen (secondary N) is 1. The summed E-state index contributed by atoms with van der Waals surface area (Å²) >= 11 is 0. The molecule has 1 unspecified atom stereocenters. The molecular weight excluding hydrogens is 277 g/mol. The number of hydrogen-bond donors (Lipinski definition) is 2. The Kier molecular flexibility index (Phi) is 4.98. The van der Waals surface area contributed by atoms with E-state index < -0.39 is 39.4 Å². The van der Waals surface area contributed by atoms with Crippen molar-refractivity contribution in [1.29, 1.82) is 0 Å². The fraction of sp³-hybridized carbons (Fsp3) is 0.364. The van der Waals surface area contributed by atoms with Crippen LogP contribution in [0.5, 0.6) is 0 Å². The minimum atomic E-state index is -4.27. The van der Waals surface area contributed by atoms with Crippen LogP contribution >= 0.6 is 0 Å². The van der Waals surface area contributed by atoms with E-state index in [1.807, 2.05) is 4.72 Å². The van der Waals surface area contributed by atoms with Crippen LogP contribution in [0, 0.1) is 12.7 Å². The van der Waals surface area contributed by atoms with Crippen molar-refractivity contribution in [2.75, 3.05) is 13.7 Å². The first kappa shape index (κ1) is 15.5. The third-order valence-corrected chi connectivity index (χ3v) is 3.83. The molecule has 0 aliphatic heterocycles. The van der Waals surface area contributed by atoms with Gasteiger partial charge in [-0.3, -0.25) is 4.79 Å². The second-order valence-electron chi connectivity index (χ2n) is 3.81. The van der Waals surface area contributed by atoms with E-state index >= 15 is 0 Å². The number of halogens is 1. The van der Waals surface area contributed by atoms with Gasteiger partial charge in [0, 0.05) is 0 Å². The zero-order chi connectivity index (χ0) is 14.6. The molecule has 0 aromatic heterocycles. The number of carbonyl (C=O) groups excluding carboxylic acids is 1. The van der Waals surface area contributed by atoms with E-state index in [1.54, 1.807) is 6.92 Å². The van der Waals surface area contributed by atoms with Crippen LogP contribution in [0.1, 0.15) is 5.56 Å². The molecule has 2 N–H and O–H groups in total. The first-order valence-electron chi connectivity index (χ1n) is 5.29. The molecule has 0 aliphatic carbocycles. The van der Waals surface area contributed by atoms with E-state index in [9.17, 15) is 17.6 Å². The molecule has 1 atom stereocenters. The Morgan fingerprint density at radius 1 is 1.53 bits per heavy atom. The van der Waals surface area contributed by atoms with Crippen LogP contribution in [-0.2, 0) is 19.6 Å². The standard InChI is InChI=1S/C11H14FNO5S/c1-7-3-4-8(12)10(5-7)19(16,17)13-9(6-14)11(15)18-2/h3-5,9,13-14H,6H2,1-2H3. The molecule has 1 rings (SSSR count). The average Bonchev–Trinajstić information content (AvgIpc) is 2.37. The molecule has 0 spiro atoms. The molecule has 0 heterocycles. The largest absolute Gasteiger partial charge is 0.468 e. The topological polar surface area (TPSA) is 92.7 Å². The van der Waals surface area contributed by atoms with Crippen LogP contribution in [0.3, 0.4) is 0 Å². The van der Waals surface area contributed by atoms with Gasteiger partial charge in [0.05, 0.1) is 13.7 Å². The summed E-state index contributed by atoms with van der Waals surface area (Å²) in [4.78, 5) is 10.6. The highest BCUT2D eigenvalue weighted by molar-refractivity contribution is 7.89. The molecule has 0 aliphatic rings. The zero-order valence-electron chi connectivity index (χ0n) is 10.4. The molecule has 6 nitrogen and oxygen atoms in total. The second-order valence-corrected chi connectivity index (χ2v) is 5.50. The molecule has 0 amide bonds. The van der Waals surface area contributed by atoms with Crippen molar-refractivity contribution < 1.29 is 27.4 Å². The molecule has 1 aromatic carbocycles. The van der Waals surface area contributed by atoms with Gasteiger partial charge in [0.2, 0.25) is 10.0 Å². The lowest BCUT2D eigenvalue weighted by Gasteiger charge is -2.14. The molecule has 19 heavy (non-hydrogen) atoms. The van der Waals surface area contributed by atoms with Crippen molar-refractivity contribution in [2.24, 2.45) is 0 Å². The van der Waals surface area contributed by atoms with Gasteiger partial charge in [0.1, 0.15) is 16.8 Å². The van der Waals surface area contributed by atoms with Gasteiger partial charge in [-0.2, -0.15) is 4.72 Å². The smallest absolute Gasteiger partial charge is 0.326 e. The number of esters is 1. The monoisotopic (exact) mass is 291 g/mol. The van der Waals surface area contributed by atoms with Crippen LogP contribution in [0.25, 0.3) is 0 Å². The number of rotatable bonds is 5. The van der Waals surface area contributed by atoms with Gasteiger partial charge >= 0.3 is 5.97 Å². The number of aliphatic hydroxyl groups is 1. The van der Waals surface area contributed by atoms with Gasteiger partial charge < -0.3 is 9.84 Å². The molecule has 0 radical (unpaired) electrons. The van der Waals surface area contributed by atoms with Gasteiger partial charge in [-0.1, -0.05) is 6.07 Å². The average molecular weight is 291 g/mol. The highest BCUT2D eigenvalue weighted by atomic mass is 32.2. The molecular formula is C11H14FNO5S. The third kappa shape index (κ3) is 3.72. The van der Waals surface area contributed by atoms with E-state index in [2.05, 4.69) is 4.74 Å². The minimum Gasteiger partial charge on any atom is -0.468 e. The Morgan fingerprint density at radius 2 is 2.16 bits per heavy atom. The van der Waals surface area contributed by atoms with E-state index in [4.69, 9.17) is 5.11 Å². The highest BCUT2D eigenvalue weighted by Crippen LogP contribution is 2.16. The van der Waals surface area contributed by atoms with E-state index in [-0.39, 0.29) is 0 Å². The first-order valence-corrected chi connectivity index (χ1v) is 6.77. The van der Waals surface area contributed by atoms with Crippen molar-refractivity contribution in [3.05, 3.63) is 29.6 Å². The summed E-state index contributed by atoms with van der Waals surface area (Å²) in [5.74, 6) is -1.90. The molecule has 0 saturated carbocycles. The summed E-state index contributed by atoms with van der Waals surface area (Å²) in [7, 11) is -3.22. The second kappa shape index (κ2) is 6.09. The Balaban J connectivity index is 3.10. The van der Waals surface area contributed by atoms with Crippen molar-refractivity contribution in [1.82, 2.24) is 4.72 Å². The third-order valence-electron chi connectivity index (χ3n) is 2.34. The number of ether oxygens (including phenoxy) is 1. The Labute approximate surface area is 110 Å². The number of benzene rings is 1. The molecule has 1 aromatic rings. The summed E-state index contributed by atoms with van der Waals surface area (Å²) in [6.45, 7) is 0.807. The first-order chi connectivity index (χ1) is 8.81. The van der Waals surface area contributed by atoms with Gasteiger partial charge in [0.25, 0.3) is 0 Å². The Morgan fingerprint density at radius 3 is 2.68 bits per heavy atom. The molecule has 0 saturated heterocycles. The van der Waals surface area contributed by atoms with Crippen LogP contribution in [0.4, 0.5) is 4.39 Å². The normalized spacial score (nSPS) is 13.1. The Hall–Kier alpha value is -1.51. The summed E-state index contributed by atoms with van der Waals surface area (Å²) in [6, 6.07) is 2.08. The summed E-state index contributed by atoms with van der Waals surface area (Å²) in [6.07, 6.45) is 0. The number of sulfonamides is 1. The lowest BCUT2D eigenvalue weighted by atomic mass is 10.2. The van der Waals surface area contributed by atoms with Crippen LogP contribution < -0.4 is 4.72 Å². The number of aliphatic hydroxyl groups excluding tert-OH is 1. The van der Waals surface area contributed by atoms with Crippen molar-refractivity contribution in [3.63, 3.8) is 0 Å². The van der Waals surface area contributed by atoms with Crippen molar-refractivity contribution in [3.8, 4) is 0 Å². The van der Waals surface area contributed by atoms with Crippen LogP contribution in [0.15, 0.2) is 23.1 Å². The van der Waals surface area contributed by atoms with Crippen molar-refractivity contribution >= 4 is 16.0 Å². The van der Waals surface area contributed by atoms with Crippen LogP contribution in [-0.4, -0.2) is 39.3 Å². The van der Waals surface area contributed by atoms with E-state index in [0.717, 1.165) is 19.2 Å². The predicted octanol–water partition coefficient (Wildman–Crippen LogP) is -0.0537. The van der Waals surface area contributed by atoms with Crippen LogP contribution in [0.2, 0.25) is 0 Å². The van der Waals surface area contributed by atoms with E-state index in [1.165, 1.54) is 6.07 Å². The SMILES string of the molecule is COC(=O)C(CO)NS(=O)(=O)c1cc(C)ccc1F. The lowest BCUT2D eigenvalue weighted by molar-refractivity contribution is -0.143. The van der Waals surface area contributed by atoms with Gasteiger partial charge in [-0.25, -0.2) is 12.8 Å². The van der Waals surface area contributed by atoms with Gasteiger partial charge in [-0.15, -0.1) is 0 Å². The molecule has 0 fully saturated rings. The number of hydrogen-bond acceptors (Lipinski definition) is 5. The molecule has 0 bridgehead atoms. The molecule has 8 heteroatoms. The summed E-state index contributed by atoms with van der Waals surface area (Å²) in [5.41, 5.74) is 0.542. The quantitative estimate of drug-likeness (QED) is 0.742. The Bertz CT molecular complexity index is 572. The highest BCUT2D eigenvalue weighted by Gasteiger charge is 2.27. The maximum Gasteiger partial charge on any atom is 0.326 e. The molecule has 106 valence electrons. The number of carbonyl (C=O) groups is 1. The maximum absolute atomic E-state index is 13.5. The minimum absolute atomic E-state index is 0.542.